The molecule has 1 heterocycles. The lowest BCUT2D eigenvalue weighted by Gasteiger charge is -2.04. The molecule has 0 saturated carbocycles. The molecule has 0 aliphatic carbocycles. The number of amides is 1. The average Bonchev–Trinajstić information content (AvgIpc) is 2.61. The van der Waals surface area contributed by atoms with E-state index < -0.39 is 10.8 Å². The van der Waals surface area contributed by atoms with Crippen LogP contribution in [0.15, 0.2) is 48.2 Å². The first-order valence-electron chi connectivity index (χ1n) is 6.75. The van der Waals surface area contributed by atoms with E-state index in [2.05, 4.69) is 10.3 Å². The molecule has 0 bridgehead atoms. The number of ether oxygens (including phenoxy) is 1. The molecule has 0 aliphatic heterocycles. The van der Waals surface area contributed by atoms with E-state index in [0.29, 0.717) is 11.3 Å². The number of carbonyl (C=O) groups is 1. The first kappa shape index (κ1) is 16.6. The summed E-state index contributed by atoms with van der Waals surface area (Å²) < 4.78 is 5.47. The maximum Gasteiger partial charge on any atom is 0.287 e. The van der Waals surface area contributed by atoms with Crippen LogP contribution >= 0.6 is 0 Å². The molecule has 0 saturated heterocycles. The molecule has 1 amide bonds. The zero-order chi connectivity index (χ0) is 17.5. The molecular formula is C16H12N4O4. The van der Waals surface area contributed by atoms with Crippen molar-refractivity contribution in [2.75, 3.05) is 7.05 Å². The number of benzene rings is 1. The van der Waals surface area contributed by atoms with Crippen LogP contribution in [0.4, 0.5) is 5.69 Å². The van der Waals surface area contributed by atoms with Crippen LogP contribution in [-0.4, -0.2) is 22.9 Å². The average molecular weight is 324 g/mol. The molecule has 1 aromatic carbocycles. The first-order chi connectivity index (χ1) is 11.5. The van der Waals surface area contributed by atoms with Gasteiger partial charge in [0.25, 0.3) is 11.6 Å². The summed E-state index contributed by atoms with van der Waals surface area (Å²) >= 11 is 0. The van der Waals surface area contributed by atoms with Crippen LogP contribution in [0.1, 0.15) is 5.56 Å². The molecule has 0 spiro atoms. The van der Waals surface area contributed by atoms with Gasteiger partial charge in [-0.1, -0.05) is 12.1 Å². The molecule has 2 aromatic rings. The molecule has 2 rings (SSSR count). The van der Waals surface area contributed by atoms with E-state index in [4.69, 9.17) is 10.00 Å². The number of rotatable bonds is 5. The van der Waals surface area contributed by atoms with Gasteiger partial charge in [0.2, 0.25) is 5.88 Å². The molecule has 0 fully saturated rings. The third-order valence-electron chi connectivity index (χ3n) is 2.94. The van der Waals surface area contributed by atoms with Crippen molar-refractivity contribution in [2.24, 2.45) is 0 Å². The predicted molar refractivity (Wildman–Crippen MR) is 85.1 cm³/mol. The topological polar surface area (TPSA) is 118 Å². The molecule has 1 N–H and O–H groups in total. The van der Waals surface area contributed by atoms with Crippen molar-refractivity contribution in [3.8, 4) is 17.7 Å². The molecule has 8 heteroatoms. The van der Waals surface area contributed by atoms with Gasteiger partial charge in [-0.05, 0) is 23.8 Å². The van der Waals surface area contributed by atoms with Gasteiger partial charge in [0.15, 0.2) is 0 Å². The van der Waals surface area contributed by atoms with Gasteiger partial charge < -0.3 is 10.1 Å². The molecule has 1 aromatic heterocycles. The van der Waals surface area contributed by atoms with Crippen LogP contribution < -0.4 is 10.1 Å². The van der Waals surface area contributed by atoms with Crippen molar-refractivity contribution in [2.45, 2.75) is 0 Å². The smallest absolute Gasteiger partial charge is 0.287 e. The highest BCUT2D eigenvalue weighted by Crippen LogP contribution is 2.22. The monoisotopic (exact) mass is 324 g/mol. The number of likely N-dealkylation sites (N-methyl/N-ethyl adjacent to an activating group) is 1. The molecule has 24 heavy (non-hydrogen) atoms. The lowest BCUT2D eigenvalue weighted by Crippen LogP contribution is -2.19. The number of carbonyl (C=O) groups excluding carboxylic acids is 1. The maximum absolute atomic E-state index is 11.4. The maximum atomic E-state index is 11.4. The number of pyridine rings is 1. The Morgan fingerprint density at radius 1 is 1.33 bits per heavy atom. The van der Waals surface area contributed by atoms with Crippen molar-refractivity contribution >= 4 is 17.7 Å². The zero-order valence-corrected chi connectivity index (χ0v) is 12.6. The third kappa shape index (κ3) is 4.14. The van der Waals surface area contributed by atoms with E-state index in [1.54, 1.807) is 24.3 Å². The minimum absolute atomic E-state index is 0.0109. The van der Waals surface area contributed by atoms with Crippen LogP contribution in [0.3, 0.4) is 0 Å². The summed E-state index contributed by atoms with van der Waals surface area (Å²) in [5.74, 6) is 0.215. The number of nitrogens with one attached hydrogen (secondary N) is 1. The Kier molecular flexibility index (Phi) is 5.20. The van der Waals surface area contributed by atoms with E-state index >= 15 is 0 Å². The second-order valence-corrected chi connectivity index (χ2v) is 4.53. The van der Waals surface area contributed by atoms with E-state index in [-0.39, 0.29) is 17.1 Å². The van der Waals surface area contributed by atoms with E-state index in [1.807, 2.05) is 6.07 Å². The van der Waals surface area contributed by atoms with Crippen molar-refractivity contribution in [3.05, 3.63) is 63.8 Å². The lowest BCUT2D eigenvalue weighted by atomic mass is 10.1. The highest BCUT2D eigenvalue weighted by molar-refractivity contribution is 6.01. The highest BCUT2D eigenvalue weighted by Gasteiger charge is 2.08. The fraction of sp³-hybridized carbons (Fsp3) is 0.0625. The molecular weight excluding hydrogens is 312 g/mol. The Hall–Kier alpha value is -3.73. The molecule has 0 atom stereocenters. The SMILES string of the molecule is CNC(=O)/C(C#N)=C/c1ccc(Oc2ccc([N+](=O)[O-])cn2)cc1. The molecule has 120 valence electrons. The number of nitrogens with zero attached hydrogens (tertiary/aromatic N) is 3. The van der Waals surface area contributed by atoms with Crippen molar-refractivity contribution in [3.63, 3.8) is 0 Å². The standard InChI is InChI=1S/C16H12N4O4/c1-18-16(21)12(9-17)8-11-2-5-14(6-3-11)24-15-7-4-13(10-19-15)20(22)23/h2-8,10H,1H3,(H,18,21)/b12-8+. The summed E-state index contributed by atoms with van der Waals surface area (Å²) in [6.07, 6.45) is 2.56. The van der Waals surface area contributed by atoms with Crippen LogP contribution in [0.25, 0.3) is 6.08 Å². The Balaban J connectivity index is 2.12. The van der Waals surface area contributed by atoms with Gasteiger partial charge in [-0.3, -0.25) is 14.9 Å². The van der Waals surface area contributed by atoms with Crippen LogP contribution in [0.5, 0.6) is 11.6 Å². The van der Waals surface area contributed by atoms with Gasteiger partial charge >= 0.3 is 0 Å². The number of hydrogen-bond donors (Lipinski definition) is 1. The fourth-order valence-corrected chi connectivity index (χ4v) is 1.74. The normalized spacial score (nSPS) is 10.6. The highest BCUT2D eigenvalue weighted by atomic mass is 16.6. The number of aromatic nitrogens is 1. The number of hydrogen-bond acceptors (Lipinski definition) is 6. The second-order valence-electron chi connectivity index (χ2n) is 4.53. The Bertz CT molecular complexity index is 821. The first-order valence-corrected chi connectivity index (χ1v) is 6.75. The predicted octanol–water partition coefficient (Wildman–Crippen LogP) is 2.44. The van der Waals surface area contributed by atoms with E-state index in [1.165, 1.54) is 25.3 Å². The van der Waals surface area contributed by atoms with Crippen molar-refractivity contribution in [1.29, 1.82) is 5.26 Å². The second kappa shape index (κ2) is 7.51. The minimum Gasteiger partial charge on any atom is -0.439 e. The van der Waals surface area contributed by atoms with Gasteiger partial charge in [-0.25, -0.2) is 4.98 Å². The van der Waals surface area contributed by atoms with E-state index in [0.717, 1.165) is 6.20 Å². The number of nitro groups is 1. The number of nitriles is 1. The summed E-state index contributed by atoms with van der Waals surface area (Å²) in [7, 11) is 1.45. The largest absolute Gasteiger partial charge is 0.439 e. The molecule has 0 aliphatic rings. The summed E-state index contributed by atoms with van der Waals surface area (Å²) in [6.45, 7) is 0. The van der Waals surface area contributed by atoms with Crippen molar-refractivity contribution in [1.82, 2.24) is 10.3 Å². The van der Waals surface area contributed by atoms with Crippen LogP contribution in [0.2, 0.25) is 0 Å². The van der Waals surface area contributed by atoms with E-state index in [9.17, 15) is 14.9 Å². The van der Waals surface area contributed by atoms with Gasteiger partial charge in [-0.15, -0.1) is 0 Å². The molecule has 8 nitrogen and oxygen atoms in total. The summed E-state index contributed by atoms with van der Waals surface area (Å²) in [4.78, 5) is 25.3. The molecule has 0 unspecified atom stereocenters. The summed E-state index contributed by atoms with van der Waals surface area (Å²) in [5, 5.41) is 21.9. The third-order valence-corrected chi connectivity index (χ3v) is 2.94. The quantitative estimate of drug-likeness (QED) is 0.390. The van der Waals surface area contributed by atoms with Gasteiger partial charge in [0.1, 0.15) is 23.6 Å². The Morgan fingerprint density at radius 3 is 2.54 bits per heavy atom. The Morgan fingerprint density at radius 2 is 2.04 bits per heavy atom. The summed E-state index contributed by atoms with van der Waals surface area (Å²) in [5.41, 5.74) is 0.517. The summed E-state index contributed by atoms with van der Waals surface area (Å²) in [6, 6.07) is 11.1. The van der Waals surface area contributed by atoms with Crippen LogP contribution in [-0.2, 0) is 4.79 Å². The van der Waals surface area contributed by atoms with Gasteiger partial charge in [0, 0.05) is 19.2 Å². The van der Waals surface area contributed by atoms with Crippen molar-refractivity contribution < 1.29 is 14.5 Å². The Labute approximate surface area is 137 Å². The molecule has 0 radical (unpaired) electrons. The van der Waals surface area contributed by atoms with Gasteiger partial charge in [-0.2, -0.15) is 5.26 Å². The zero-order valence-electron chi connectivity index (χ0n) is 12.6. The van der Waals surface area contributed by atoms with Gasteiger partial charge in [0.05, 0.1) is 4.92 Å². The van der Waals surface area contributed by atoms with Crippen LogP contribution in [0, 0.1) is 21.4 Å². The fourth-order valence-electron chi connectivity index (χ4n) is 1.74. The minimum atomic E-state index is -0.545. The lowest BCUT2D eigenvalue weighted by molar-refractivity contribution is -0.385.